The van der Waals surface area contributed by atoms with Crippen LogP contribution < -0.4 is 5.32 Å². The van der Waals surface area contributed by atoms with E-state index in [4.69, 9.17) is 4.52 Å². The molecular formula is C19H18FN3O2S. The number of thioether (sulfide) groups is 1. The van der Waals surface area contributed by atoms with Crippen LogP contribution in [0.25, 0.3) is 0 Å². The molecule has 0 saturated carbocycles. The van der Waals surface area contributed by atoms with Crippen LogP contribution in [0.15, 0.2) is 46.1 Å². The summed E-state index contributed by atoms with van der Waals surface area (Å²) in [4.78, 5) is 16.9. The summed E-state index contributed by atoms with van der Waals surface area (Å²) in [5.74, 6) is 0.661. The molecule has 0 fully saturated rings. The second-order valence-corrected chi connectivity index (χ2v) is 6.83. The number of hydrogen-bond donors (Lipinski definition) is 1. The number of amides is 1. The third-order valence-corrected chi connectivity index (χ3v) is 5.01. The summed E-state index contributed by atoms with van der Waals surface area (Å²) in [7, 11) is 0. The average Bonchev–Trinajstić information content (AvgIpc) is 2.94. The molecule has 0 aliphatic heterocycles. The number of aryl methyl sites for hydroxylation is 3. The van der Waals surface area contributed by atoms with Gasteiger partial charge in [0.15, 0.2) is 0 Å². The van der Waals surface area contributed by atoms with Gasteiger partial charge >= 0.3 is 0 Å². The number of aromatic nitrogens is 2. The van der Waals surface area contributed by atoms with Crippen molar-refractivity contribution in [2.45, 2.75) is 31.6 Å². The third-order valence-electron chi connectivity index (χ3n) is 3.98. The highest BCUT2D eigenvalue weighted by Gasteiger charge is 2.16. The van der Waals surface area contributed by atoms with Gasteiger partial charge in [0.05, 0.1) is 11.3 Å². The normalized spacial score (nSPS) is 10.8. The number of nitrogens with one attached hydrogen (secondary N) is 1. The molecule has 3 aromatic rings. The summed E-state index contributed by atoms with van der Waals surface area (Å²) >= 11 is 1.43. The molecule has 0 aliphatic carbocycles. The van der Waals surface area contributed by atoms with Gasteiger partial charge in [-0.25, -0.2) is 9.37 Å². The summed E-state index contributed by atoms with van der Waals surface area (Å²) < 4.78 is 18.8. The highest BCUT2D eigenvalue weighted by molar-refractivity contribution is 7.98. The lowest BCUT2D eigenvalue weighted by Crippen LogP contribution is -2.14. The quantitative estimate of drug-likeness (QED) is 0.660. The van der Waals surface area contributed by atoms with Gasteiger partial charge in [0.1, 0.15) is 16.6 Å². The number of carbonyl (C=O) groups excluding carboxylic acids is 1. The fraction of sp³-hybridized carbons (Fsp3) is 0.211. The molecule has 5 nitrogen and oxygen atoms in total. The number of nitrogens with zero attached hydrogens (tertiary/aromatic N) is 2. The van der Waals surface area contributed by atoms with Crippen molar-refractivity contribution >= 4 is 23.4 Å². The van der Waals surface area contributed by atoms with E-state index in [1.165, 1.54) is 17.8 Å². The van der Waals surface area contributed by atoms with Crippen molar-refractivity contribution in [3.63, 3.8) is 0 Å². The molecule has 3 rings (SSSR count). The first-order chi connectivity index (χ1) is 12.5. The van der Waals surface area contributed by atoms with Crippen LogP contribution in [-0.4, -0.2) is 16.0 Å². The lowest BCUT2D eigenvalue weighted by molar-refractivity contribution is 0.102. The van der Waals surface area contributed by atoms with Crippen LogP contribution in [0.5, 0.6) is 0 Å². The molecule has 1 aromatic carbocycles. The summed E-state index contributed by atoms with van der Waals surface area (Å²) in [6.07, 6.45) is 1.64. The topological polar surface area (TPSA) is 68.0 Å². The van der Waals surface area contributed by atoms with Gasteiger partial charge in [0, 0.05) is 23.2 Å². The Labute approximate surface area is 155 Å². The number of halogens is 1. The smallest absolute Gasteiger partial charge is 0.258 e. The van der Waals surface area contributed by atoms with Crippen LogP contribution in [0.1, 0.15) is 32.9 Å². The first-order valence-corrected chi connectivity index (χ1v) is 9.01. The van der Waals surface area contributed by atoms with Crippen LogP contribution >= 0.6 is 11.8 Å². The number of carbonyl (C=O) groups is 1. The van der Waals surface area contributed by atoms with Crippen molar-refractivity contribution in [3.05, 3.63) is 70.5 Å². The Kier molecular flexibility index (Phi) is 5.37. The number of rotatable bonds is 5. The minimum absolute atomic E-state index is 0.331. The number of hydrogen-bond acceptors (Lipinski definition) is 5. The molecule has 2 aromatic heterocycles. The molecule has 1 amide bonds. The summed E-state index contributed by atoms with van der Waals surface area (Å²) in [5, 5.41) is 7.25. The Hall–Kier alpha value is -2.67. The zero-order valence-electron chi connectivity index (χ0n) is 14.7. The van der Waals surface area contributed by atoms with Crippen molar-refractivity contribution in [2.24, 2.45) is 0 Å². The molecule has 0 aliphatic rings. The lowest BCUT2D eigenvalue weighted by Gasteiger charge is -2.09. The summed E-state index contributed by atoms with van der Waals surface area (Å²) in [6.45, 7) is 5.41. The van der Waals surface area contributed by atoms with Crippen LogP contribution in [0.4, 0.5) is 10.1 Å². The molecule has 0 atom stereocenters. The maximum absolute atomic E-state index is 13.7. The molecule has 134 valence electrons. The molecule has 1 N–H and O–H groups in total. The first kappa shape index (κ1) is 18.1. The fourth-order valence-corrected chi connectivity index (χ4v) is 3.54. The zero-order valence-corrected chi connectivity index (χ0v) is 15.5. The van der Waals surface area contributed by atoms with Gasteiger partial charge < -0.3 is 9.84 Å². The van der Waals surface area contributed by atoms with Gasteiger partial charge in [0.25, 0.3) is 5.91 Å². The van der Waals surface area contributed by atoms with Crippen molar-refractivity contribution in [2.75, 3.05) is 5.32 Å². The van der Waals surface area contributed by atoms with Gasteiger partial charge in [-0.05, 0) is 50.6 Å². The van der Waals surface area contributed by atoms with Gasteiger partial charge in [0.2, 0.25) is 0 Å². The lowest BCUT2D eigenvalue weighted by atomic mass is 10.2. The fourth-order valence-electron chi connectivity index (χ4n) is 2.40. The van der Waals surface area contributed by atoms with Gasteiger partial charge in [-0.1, -0.05) is 11.2 Å². The van der Waals surface area contributed by atoms with Crippen molar-refractivity contribution in [1.29, 1.82) is 0 Å². The molecule has 0 unspecified atom stereocenters. The van der Waals surface area contributed by atoms with E-state index < -0.39 is 0 Å². The number of pyridine rings is 1. The van der Waals surface area contributed by atoms with Crippen LogP contribution in [0.3, 0.4) is 0 Å². The second-order valence-electron chi connectivity index (χ2n) is 5.87. The van der Waals surface area contributed by atoms with E-state index in [1.54, 1.807) is 37.4 Å². The Morgan fingerprint density at radius 1 is 1.27 bits per heavy atom. The van der Waals surface area contributed by atoms with E-state index in [0.29, 0.717) is 27.6 Å². The van der Waals surface area contributed by atoms with E-state index in [0.717, 1.165) is 17.0 Å². The Morgan fingerprint density at radius 2 is 2.08 bits per heavy atom. The molecule has 26 heavy (non-hydrogen) atoms. The first-order valence-electron chi connectivity index (χ1n) is 8.02. The standard InChI is InChI=1S/C19H18FN3O2S/c1-11-6-7-14(9-17(11)20)22-18(24)15-5-4-8-21-19(15)26-10-16-12(2)23-25-13(16)3/h4-9H,10H2,1-3H3,(H,22,24). The van der Waals surface area contributed by atoms with E-state index in [9.17, 15) is 9.18 Å². The molecule has 0 radical (unpaired) electrons. The summed E-state index contributed by atoms with van der Waals surface area (Å²) in [6, 6.07) is 8.00. The SMILES string of the molecule is Cc1ccc(NC(=O)c2cccnc2SCc2c(C)noc2C)cc1F. The zero-order chi connectivity index (χ0) is 18.7. The van der Waals surface area contributed by atoms with E-state index in [2.05, 4.69) is 15.5 Å². The average molecular weight is 371 g/mol. The van der Waals surface area contributed by atoms with Gasteiger partial charge in [-0.3, -0.25) is 4.79 Å². The van der Waals surface area contributed by atoms with Crippen LogP contribution in [0, 0.1) is 26.6 Å². The van der Waals surface area contributed by atoms with Crippen molar-refractivity contribution in [1.82, 2.24) is 10.1 Å². The van der Waals surface area contributed by atoms with E-state index in [1.807, 2.05) is 13.8 Å². The third kappa shape index (κ3) is 3.94. The highest BCUT2D eigenvalue weighted by Crippen LogP contribution is 2.27. The van der Waals surface area contributed by atoms with Gasteiger partial charge in [-0.2, -0.15) is 0 Å². The van der Waals surface area contributed by atoms with Crippen molar-refractivity contribution < 1.29 is 13.7 Å². The monoisotopic (exact) mass is 371 g/mol. The largest absolute Gasteiger partial charge is 0.361 e. The predicted octanol–water partition coefficient (Wildman–Crippen LogP) is 4.68. The minimum atomic E-state index is -0.359. The highest BCUT2D eigenvalue weighted by atomic mass is 32.2. The van der Waals surface area contributed by atoms with Crippen LogP contribution in [0.2, 0.25) is 0 Å². The molecule has 7 heteroatoms. The van der Waals surface area contributed by atoms with Crippen LogP contribution in [-0.2, 0) is 5.75 Å². The van der Waals surface area contributed by atoms with E-state index >= 15 is 0 Å². The van der Waals surface area contributed by atoms with Crippen molar-refractivity contribution in [3.8, 4) is 0 Å². The minimum Gasteiger partial charge on any atom is -0.361 e. The molecular weight excluding hydrogens is 353 g/mol. The maximum atomic E-state index is 13.7. The van der Waals surface area contributed by atoms with Gasteiger partial charge in [-0.15, -0.1) is 11.8 Å². The molecule has 2 heterocycles. The molecule has 0 spiro atoms. The molecule has 0 saturated heterocycles. The Balaban J connectivity index is 1.77. The Bertz CT molecular complexity index is 936. The predicted molar refractivity (Wildman–Crippen MR) is 98.9 cm³/mol. The number of anilines is 1. The Morgan fingerprint density at radius 3 is 2.77 bits per heavy atom. The van der Waals surface area contributed by atoms with E-state index in [-0.39, 0.29) is 11.7 Å². The maximum Gasteiger partial charge on any atom is 0.258 e. The second kappa shape index (κ2) is 7.70. The summed E-state index contributed by atoms with van der Waals surface area (Å²) in [5.41, 5.74) is 3.19. The molecule has 0 bridgehead atoms. The number of benzene rings is 1.